The van der Waals surface area contributed by atoms with E-state index in [1.54, 1.807) is 37.3 Å². The number of nitrogens with zero attached hydrogens (tertiary/aromatic N) is 2. The molecule has 0 aromatic heterocycles. The number of benzene rings is 2. The highest BCUT2D eigenvalue weighted by Crippen LogP contribution is 2.28. The molecule has 0 atom stereocenters. The minimum atomic E-state index is -0.801. The molecule has 0 saturated carbocycles. The second-order valence-corrected chi connectivity index (χ2v) is 5.85. The van der Waals surface area contributed by atoms with Gasteiger partial charge < -0.3 is 5.32 Å². The third-order valence-corrected chi connectivity index (χ3v) is 3.91. The molecule has 6 nitrogen and oxygen atoms in total. The van der Waals surface area contributed by atoms with Gasteiger partial charge in [-0.25, -0.2) is 0 Å². The molecule has 1 amide bonds. The molecular weight excluding hydrogens is 365 g/mol. The SMILES string of the molecule is Cc1ccc(NC(=O)/C(C#N)=C/c2c(Cl)cccc2Cl)c([N+](=O)[O-])c1. The Labute approximate surface area is 153 Å². The van der Waals surface area contributed by atoms with Gasteiger partial charge in [-0.3, -0.25) is 14.9 Å². The van der Waals surface area contributed by atoms with E-state index in [0.717, 1.165) is 0 Å². The highest BCUT2D eigenvalue weighted by atomic mass is 35.5. The van der Waals surface area contributed by atoms with Gasteiger partial charge in [-0.1, -0.05) is 35.3 Å². The highest BCUT2D eigenvalue weighted by Gasteiger charge is 2.18. The van der Waals surface area contributed by atoms with E-state index >= 15 is 0 Å². The molecule has 0 spiro atoms. The lowest BCUT2D eigenvalue weighted by atomic mass is 10.1. The number of hydrogen-bond acceptors (Lipinski definition) is 4. The molecule has 0 unspecified atom stereocenters. The summed E-state index contributed by atoms with van der Waals surface area (Å²) in [5.41, 5.74) is 0.429. The molecule has 0 fully saturated rings. The molecule has 2 aromatic rings. The third-order valence-electron chi connectivity index (χ3n) is 3.25. The van der Waals surface area contributed by atoms with Crippen LogP contribution in [0.15, 0.2) is 42.0 Å². The van der Waals surface area contributed by atoms with Crippen LogP contribution in [0.25, 0.3) is 6.08 Å². The van der Waals surface area contributed by atoms with Gasteiger partial charge in [-0.15, -0.1) is 0 Å². The molecule has 8 heteroatoms. The van der Waals surface area contributed by atoms with Crippen molar-refractivity contribution >= 4 is 46.6 Å². The molecule has 126 valence electrons. The number of carbonyl (C=O) groups is 1. The number of halogens is 2. The number of carbonyl (C=O) groups excluding carboxylic acids is 1. The molecule has 0 aliphatic carbocycles. The Morgan fingerprint density at radius 1 is 1.28 bits per heavy atom. The lowest BCUT2D eigenvalue weighted by molar-refractivity contribution is -0.384. The normalized spacial score (nSPS) is 10.9. The molecule has 1 N–H and O–H groups in total. The summed E-state index contributed by atoms with van der Waals surface area (Å²) in [6.45, 7) is 1.69. The third kappa shape index (κ3) is 4.35. The molecule has 0 saturated heterocycles. The summed E-state index contributed by atoms with van der Waals surface area (Å²) >= 11 is 12.0. The van der Waals surface area contributed by atoms with Crippen molar-refractivity contribution in [2.24, 2.45) is 0 Å². The van der Waals surface area contributed by atoms with E-state index in [4.69, 9.17) is 23.2 Å². The average molecular weight is 376 g/mol. The number of anilines is 1. The summed E-state index contributed by atoms with van der Waals surface area (Å²) in [7, 11) is 0. The van der Waals surface area contributed by atoms with E-state index < -0.39 is 10.8 Å². The fourth-order valence-electron chi connectivity index (χ4n) is 2.03. The number of aryl methyl sites for hydroxylation is 1. The van der Waals surface area contributed by atoms with Crippen LogP contribution in [0.2, 0.25) is 10.0 Å². The molecule has 0 heterocycles. The minimum absolute atomic E-state index is 0.00740. The predicted molar refractivity (Wildman–Crippen MR) is 96.5 cm³/mol. The Balaban J connectivity index is 2.38. The van der Waals surface area contributed by atoms with Crippen LogP contribution in [0.3, 0.4) is 0 Å². The fourth-order valence-corrected chi connectivity index (χ4v) is 2.54. The van der Waals surface area contributed by atoms with Crippen molar-refractivity contribution in [2.45, 2.75) is 6.92 Å². The van der Waals surface area contributed by atoms with Crippen LogP contribution >= 0.6 is 23.2 Å². The molecule has 0 aliphatic rings. The lowest BCUT2D eigenvalue weighted by Crippen LogP contribution is -2.14. The summed E-state index contributed by atoms with van der Waals surface area (Å²) in [5, 5.41) is 23.3. The van der Waals surface area contributed by atoms with Crippen LogP contribution in [0.4, 0.5) is 11.4 Å². The maximum atomic E-state index is 12.3. The summed E-state index contributed by atoms with van der Waals surface area (Å²) in [5.74, 6) is -0.801. The Hall–Kier alpha value is -2.88. The first-order chi connectivity index (χ1) is 11.8. The molecule has 2 aromatic carbocycles. The zero-order chi connectivity index (χ0) is 18.6. The van der Waals surface area contributed by atoms with Crippen molar-refractivity contribution in [1.82, 2.24) is 0 Å². The summed E-state index contributed by atoms with van der Waals surface area (Å²) in [4.78, 5) is 22.8. The first kappa shape index (κ1) is 18.5. The predicted octanol–water partition coefficient (Wildman–Crippen LogP) is 4.76. The van der Waals surface area contributed by atoms with Gasteiger partial charge in [0.1, 0.15) is 17.3 Å². The number of amides is 1. The first-order valence-electron chi connectivity index (χ1n) is 6.95. The van der Waals surface area contributed by atoms with E-state index in [-0.39, 0.29) is 27.0 Å². The van der Waals surface area contributed by atoms with Gasteiger partial charge in [0.25, 0.3) is 11.6 Å². The van der Waals surface area contributed by atoms with Gasteiger partial charge in [0.15, 0.2) is 0 Å². The monoisotopic (exact) mass is 375 g/mol. The van der Waals surface area contributed by atoms with E-state index in [9.17, 15) is 20.2 Å². The summed E-state index contributed by atoms with van der Waals surface area (Å²) < 4.78 is 0. The van der Waals surface area contributed by atoms with Crippen molar-refractivity contribution in [3.63, 3.8) is 0 Å². The van der Waals surface area contributed by atoms with Crippen LogP contribution < -0.4 is 5.32 Å². The topological polar surface area (TPSA) is 96.0 Å². The van der Waals surface area contributed by atoms with E-state index in [2.05, 4.69) is 5.32 Å². The molecule has 25 heavy (non-hydrogen) atoms. The number of nitriles is 1. The minimum Gasteiger partial charge on any atom is -0.316 e. The molecular formula is C17H11Cl2N3O3. The van der Waals surface area contributed by atoms with Gasteiger partial charge in [0.05, 0.1) is 4.92 Å². The van der Waals surface area contributed by atoms with E-state index in [1.165, 1.54) is 18.2 Å². The van der Waals surface area contributed by atoms with Crippen LogP contribution in [-0.4, -0.2) is 10.8 Å². The maximum absolute atomic E-state index is 12.3. The van der Waals surface area contributed by atoms with Crippen LogP contribution in [0.5, 0.6) is 0 Å². The number of hydrogen-bond donors (Lipinski definition) is 1. The summed E-state index contributed by atoms with van der Waals surface area (Å²) in [6, 6.07) is 10.9. The van der Waals surface area contributed by atoms with Gasteiger partial charge >= 0.3 is 0 Å². The largest absolute Gasteiger partial charge is 0.316 e. The molecule has 2 rings (SSSR count). The van der Waals surface area contributed by atoms with Crippen molar-refractivity contribution in [3.8, 4) is 6.07 Å². The summed E-state index contributed by atoms with van der Waals surface area (Å²) in [6.07, 6.45) is 1.24. The Kier molecular flexibility index (Phi) is 5.75. The second-order valence-electron chi connectivity index (χ2n) is 5.04. The van der Waals surface area contributed by atoms with Crippen molar-refractivity contribution < 1.29 is 9.72 Å². The van der Waals surface area contributed by atoms with Crippen LogP contribution in [-0.2, 0) is 4.79 Å². The zero-order valence-electron chi connectivity index (χ0n) is 12.9. The highest BCUT2D eigenvalue weighted by molar-refractivity contribution is 6.37. The smallest absolute Gasteiger partial charge is 0.293 e. The fraction of sp³-hybridized carbons (Fsp3) is 0.0588. The Morgan fingerprint density at radius 3 is 2.48 bits per heavy atom. The van der Waals surface area contributed by atoms with Gasteiger partial charge in [-0.2, -0.15) is 5.26 Å². The number of nitrogens with one attached hydrogen (secondary N) is 1. The zero-order valence-corrected chi connectivity index (χ0v) is 14.4. The first-order valence-corrected chi connectivity index (χ1v) is 7.71. The van der Waals surface area contributed by atoms with Crippen molar-refractivity contribution in [2.75, 3.05) is 5.32 Å². The maximum Gasteiger partial charge on any atom is 0.293 e. The lowest BCUT2D eigenvalue weighted by Gasteiger charge is -2.07. The molecule has 0 radical (unpaired) electrons. The van der Waals surface area contributed by atoms with E-state index in [1.807, 2.05) is 0 Å². The van der Waals surface area contributed by atoms with Gasteiger partial charge in [0, 0.05) is 21.7 Å². The standard InChI is InChI=1S/C17H11Cl2N3O3/c1-10-5-6-15(16(7-10)22(24)25)21-17(23)11(9-20)8-12-13(18)3-2-4-14(12)19/h2-8H,1H3,(H,21,23)/b11-8+. The average Bonchev–Trinajstić information content (AvgIpc) is 2.56. The van der Waals surface area contributed by atoms with Gasteiger partial charge in [-0.05, 0) is 36.8 Å². The second kappa shape index (κ2) is 7.79. The number of nitro groups is 1. The number of rotatable bonds is 4. The Bertz CT molecular complexity index is 913. The van der Waals surface area contributed by atoms with E-state index in [0.29, 0.717) is 11.1 Å². The number of nitro benzene ring substituents is 1. The van der Waals surface area contributed by atoms with Crippen molar-refractivity contribution in [3.05, 3.63) is 73.3 Å². The van der Waals surface area contributed by atoms with Crippen LogP contribution in [0.1, 0.15) is 11.1 Å². The van der Waals surface area contributed by atoms with Gasteiger partial charge in [0.2, 0.25) is 0 Å². The van der Waals surface area contributed by atoms with Crippen molar-refractivity contribution in [1.29, 1.82) is 5.26 Å². The van der Waals surface area contributed by atoms with Crippen LogP contribution in [0, 0.1) is 28.4 Å². The Morgan fingerprint density at radius 2 is 1.92 bits per heavy atom. The molecule has 0 aliphatic heterocycles. The molecule has 0 bridgehead atoms. The quantitative estimate of drug-likeness (QED) is 0.360.